The third-order valence-electron chi connectivity index (χ3n) is 17.2. The number of esters is 4. The van der Waals surface area contributed by atoms with Crippen molar-refractivity contribution in [1.82, 2.24) is 0 Å². The number of carbonyl (C=O) groups is 4. The Balaban J connectivity index is 5.24. The summed E-state index contributed by atoms with van der Waals surface area (Å²) in [6.45, 7) is 14.1. The molecular weight excluding hydrogens is 1170 g/mol. The largest absolute Gasteiger partial charge is 0.472 e. The van der Waals surface area contributed by atoms with Crippen LogP contribution in [-0.2, 0) is 65.4 Å². The molecule has 0 spiro atoms. The molecule has 0 rings (SSSR count). The van der Waals surface area contributed by atoms with Gasteiger partial charge in [-0.3, -0.25) is 37.3 Å². The normalized spacial score (nSPS) is 15.2. The number of hydrogen-bond acceptors (Lipinski definition) is 15. The Kier molecular flexibility index (Phi) is 58.5. The average Bonchev–Trinajstić information content (AvgIpc) is 3.72. The summed E-state index contributed by atoms with van der Waals surface area (Å²) in [4.78, 5) is 72.5. The number of phosphoric acid groups is 2. The van der Waals surface area contributed by atoms with Crippen molar-refractivity contribution in [2.75, 3.05) is 39.6 Å². The second-order valence-corrected chi connectivity index (χ2v) is 29.4. The Labute approximate surface area is 543 Å². The molecule has 89 heavy (non-hydrogen) atoms. The molecule has 0 saturated carbocycles. The Bertz CT molecular complexity index is 1770. The van der Waals surface area contributed by atoms with Gasteiger partial charge in [-0.2, -0.15) is 0 Å². The Hall–Kier alpha value is -1.94. The predicted molar refractivity (Wildman–Crippen MR) is 358 cm³/mol. The highest BCUT2D eigenvalue weighted by molar-refractivity contribution is 7.47. The number of aliphatic hydroxyl groups is 1. The van der Waals surface area contributed by atoms with Gasteiger partial charge in [0, 0.05) is 25.7 Å². The fourth-order valence-electron chi connectivity index (χ4n) is 10.4. The van der Waals surface area contributed by atoms with Crippen LogP contribution in [0.25, 0.3) is 0 Å². The molecule has 0 aromatic rings. The third-order valence-corrected chi connectivity index (χ3v) is 19.1. The van der Waals surface area contributed by atoms with Crippen LogP contribution in [0.1, 0.15) is 344 Å². The maximum atomic E-state index is 13.0. The number of hydrogen-bond donors (Lipinski definition) is 3. The molecule has 0 bridgehead atoms. The fraction of sp³-hybridized carbons (Fsp3) is 0.943. The molecule has 17 nitrogen and oxygen atoms in total. The van der Waals surface area contributed by atoms with Crippen molar-refractivity contribution in [1.29, 1.82) is 0 Å². The van der Waals surface area contributed by atoms with Crippen molar-refractivity contribution >= 4 is 39.5 Å². The third kappa shape index (κ3) is 60.7. The van der Waals surface area contributed by atoms with Gasteiger partial charge in [-0.05, 0) is 49.4 Å². The van der Waals surface area contributed by atoms with E-state index < -0.39 is 97.5 Å². The molecule has 0 heterocycles. The standard InChI is InChI=1S/C70H136O17P2/c1-9-61(6)47-39-31-23-19-16-17-21-25-36-44-52-69(74)86-65(57-81-68(73)51-43-35-28-26-32-40-48-62(7)10-2)58-84-88(76,77)82-54-64(71)55-83-89(78,79)85-59-66(87-70(75)53-45-37-29-27-33-41-49-63(8)11-3)56-80-67(72)50-42-34-24-20-15-13-12-14-18-22-30-38-46-60(4)5/h60-66,71H,9-59H2,1-8H3,(H,76,77)(H,78,79)/t61?,62?,63?,64-,65+,66+/m0/s1. The van der Waals surface area contributed by atoms with Crippen molar-refractivity contribution < 1.29 is 80.2 Å². The van der Waals surface area contributed by atoms with E-state index >= 15 is 0 Å². The minimum absolute atomic E-state index is 0.102. The van der Waals surface area contributed by atoms with E-state index in [0.717, 1.165) is 120 Å². The van der Waals surface area contributed by atoms with Crippen LogP contribution in [0.2, 0.25) is 0 Å². The van der Waals surface area contributed by atoms with E-state index in [1.807, 2.05) is 0 Å². The van der Waals surface area contributed by atoms with Crippen LogP contribution in [0, 0.1) is 23.7 Å². The van der Waals surface area contributed by atoms with Crippen molar-refractivity contribution in [2.24, 2.45) is 23.7 Å². The summed E-state index contributed by atoms with van der Waals surface area (Å²) >= 11 is 0. The number of unbranched alkanes of at least 4 members (excludes halogenated alkanes) is 30. The van der Waals surface area contributed by atoms with Crippen LogP contribution in [0.5, 0.6) is 0 Å². The summed E-state index contributed by atoms with van der Waals surface area (Å²) in [5.74, 6) is 0.903. The number of phosphoric ester groups is 2. The SMILES string of the molecule is CCC(C)CCCCCCCCCCCCC(=O)O[C@H](COC(=O)CCCCCCCCC(C)CC)COP(=O)(O)OC[C@H](O)COP(=O)(O)OC[C@@H](COC(=O)CCCCCCCCCCCCCCC(C)C)OC(=O)CCCCCCCCC(C)CC. The lowest BCUT2D eigenvalue weighted by Crippen LogP contribution is -2.30. The number of aliphatic hydroxyl groups excluding tert-OH is 1. The molecule has 0 saturated heterocycles. The summed E-state index contributed by atoms with van der Waals surface area (Å²) < 4.78 is 68.3. The lowest BCUT2D eigenvalue weighted by Gasteiger charge is -2.21. The molecule has 0 aromatic carbocycles. The number of carbonyl (C=O) groups excluding carboxylic acids is 4. The first-order valence-electron chi connectivity index (χ1n) is 36.3. The molecule has 3 N–H and O–H groups in total. The van der Waals surface area contributed by atoms with Gasteiger partial charge in [-0.15, -0.1) is 0 Å². The van der Waals surface area contributed by atoms with E-state index in [1.54, 1.807) is 0 Å². The zero-order valence-electron chi connectivity index (χ0n) is 58.1. The highest BCUT2D eigenvalue weighted by Crippen LogP contribution is 2.45. The highest BCUT2D eigenvalue weighted by Gasteiger charge is 2.30. The first kappa shape index (κ1) is 87.1. The number of ether oxygens (including phenoxy) is 4. The maximum Gasteiger partial charge on any atom is 0.472 e. The monoisotopic (exact) mass is 1310 g/mol. The van der Waals surface area contributed by atoms with E-state index in [1.165, 1.54) is 141 Å². The quantitative estimate of drug-likeness (QED) is 0.0222. The van der Waals surface area contributed by atoms with Crippen molar-refractivity contribution in [3.8, 4) is 0 Å². The fourth-order valence-corrected chi connectivity index (χ4v) is 12.0. The summed E-state index contributed by atoms with van der Waals surface area (Å²) in [6, 6.07) is 0. The van der Waals surface area contributed by atoms with E-state index in [9.17, 15) is 43.2 Å². The van der Waals surface area contributed by atoms with Crippen molar-refractivity contribution in [2.45, 2.75) is 363 Å². The van der Waals surface area contributed by atoms with Gasteiger partial charge in [-0.25, -0.2) is 9.13 Å². The van der Waals surface area contributed by atoms with E-state index in [-0.39, 0.29) is 25.7 Å². The molecule has 528 valence electrons. The van der Waals surface area contributed by atoms with Gasteiger partial charge >= 0.3 is 39.5 Å². The second-order valence-electron chi connectivity index (χ2n) is 26.5. The van der Waals surface area contributed by atoms with Crippen LogP contribution in [0.15, 0.2) is 0 Å². The molecule has 0 amide bonds. The van der Waals surface area contributed by atoms with E-state index in [4.69, 9.17) is 37.0 Å². The summed E-state index contributed by atoms with van der Waals surface area (Å²) in [5.41, 5.74) is 0. The van der Waals surface area contributed by atoms with Gasteiger partial charge in [0.15, 0.2) is 12.2 Å². The van der Waals surface area contributed by atoms with Crippen LogP contribution in [-0.4, -0.2) is 96.7 Å². The maximum absolute atomic E-state index is 13.0. The second kappa shape index (κ2) is 59.8. The van der Waals surface area contributed by atoms with Crippen LogP contribution in [0.4, 0.5) is 0 Å². The first-order valence-corrected chi connectivity index (χ1v) is 39.3. The average molecular weight is 1310 g/mol. The molecule has 19 heteroatoms. The first-order chi connectivity index (χ1) is 42.7. The van der Waals surface area contributed by atoms with E-state index in [0.29, 0.717) is 25.7 Å². The lowest BCUT2D eigenvalue weighted by molar-refractivity contribution is -0.161. The van der Waals surface area contributed by atoms with Gasteiger partial charge in [-0.1, -0.05) is 293 Å². The molecular formula is C70H136O17P2. The zero-order valence-corrected chi connectivity index (χ0v) is 59.8. The van der Waals surface area contributed by atoms with Gasteiger partial charge < -0.3 is 33.8 Å². The van der Waals surface area contributed by atoms with Crippen molar-refractivity contribution in [3.05, 3.63) is 0 Å². The molecule has 0 fully saturated rings. The van der Waals surface area contributed by atoms with E-state index in [2.05, 4.69) is 55.4 Å². The van der Waals surface area contributed by atoms with Gasteiger partial charge in [0.25, 0.3) is 0 Å². The summed E-state index contributed by atoms with van der Waals surface area (Å²) in [7, 11) is -9.90. The van der Waals surface area contributed by atoms with Gasteiger partial charge in [0.2, 0.25) is 0 Å². The summed E-state index contributed by atoms with van der Waals surface area (Å²) in [5, 5.41) is 10.6. The van der Waals surface area contributed by atoms with Gasteiger partial charge in [0.1, 0.15) is 19.3 Å². The molecule has 0 aliphatic rings. The molecule has 5 unspecified atom stereocenters. The smallest absolute Gasteiger partial charge is 0.462 e. The van der Waals surface area contributed by atoms with Crippen LogP contribution in [0.3, 0.4) is 0 Å². The Morgan fingerprint density at radius 2 is 0.539 bits per heavy atom. The number of rotatable bonds is 67. The molecule has 0 radical (unpaired) electrons. The Morgan fingerprint density at radius 3 is 0.798 bits per heavy atom. The highest BCUT2D eigenvalue weighted by atomic mass is 31.2. The lowest BCUT2D eigenvalue weighted by atomic mass is 9.99. The minimum Gasteiger partial charge on any atom is -0.462 e. The zero-order chi connectivity index (χ0) is 66.1. The topological polar surface area (TPSA) is 237 Å². The van der Waals surface area contributed by atoms with Gasteiger partial charge in [0.05, 0.1) is 26.4 Å². The van der Waals surface area contributed by atoms with Crippen molar-refractivity contribution in [3.63, 3.8) is 0 Å². The van der Waals surface area contributed by atoms with Crippen LogP contribution >= 0.6 is 15.6 Å². The summed E-state index contributed by atoms with van der Waals surface area (Å²) in [6.07, 6.45) is 41.6. The molecule has 0 aliphatic carbocycles. The Morgan fingerprint density at radius 1 is 0.315 bits per heavy atom. The minimum atomic E-state index is -4.95. The predicted octanol–water partition coefficient (Wildman–Crippen LogP) is 19.7. The molecule has 0 aliphatic heterocycles. The molecule has 8 atom stereocenters. The molecule has 0 aromatic heterocycles. The van der Waals surface area contributed by atoms with Crippen LogP contribution < -0.4 is 0 Å².